The minimum absolute atomic E-state index is 0.346. The third-order valence-electron chi connectivity index (χ3n) is 4.69. The zero-order valence-electron chi connectivity index (χ0n) is 18.6. The molecule has 0 aliphatic heterocycles. The number of hydrazone groups is 1. The van der Waals surface area contributed by atoms with Gasteiger partial charge in [0.05, 0.1) is 17.8 Å². The highest BCUT2D eigenvalue weighted by molar-refractivity contribution is 9.10. The predicted octanol–water partition coefficient (Wildman–Crippen LogP) is 5.59. The van der Waals surface area contributed by atoms with E-state index in [2.05, 4.69) is 47.7 Å². The van der Waals surface area contributed by atoms with Gasteiger partial charge >= 0.3 is 0 Å². The maximum absolute atomic E-state index is 12.1. The lowest BCUT2D eigenvalue weighted by Crippen LogP contribution is -2.24. The number of methoxy groups -OCH3 is 1. The van der Waals surface area contributed by atoms with Gasteiger partial charge in [-0.2, -0.15) is 5.10 Å². The van der Waals surface area contributed by atoms with E-state index in [1.54, 1.807) is 25.3 Å². The Morgan fingerprint density at radius 1 is 1.03 bits per heavy atom. The van der Waals surface area contributed by atoms with Gasteiger partial charge in [-0.15, -0.1) is 0 Å². The largest absolute Gasteiger partial charge is 0.493 e. The number of anilines is 1. The minimum atomic E-state index is -0.525. The Kier molecular flexibility index (Phi) is 9.24. The highest BCUT2D eigenvalue weighted by Crippen LogP contribution is 2.37. The molecule has 0 aromatic heterocycles. The van der Waals surface area contributed by atoms with Crippen LogP contribution in [0.4, 0.5) is 5.69 Å². The van der Waals surface area contributed by atoms with Crippen molar-refractivity contribution in [3.63, 3.8) is 0 Å². The molecule has 0 heterocycles. The lowest BCUT2D eigenvalue weighted by molar-refractivity contribution is -0.126. The number of hydrogen-bond donors (Lipinski definition) is 2. The van der Waals surface area contributed by atoms with Crippen LogP contribution >= 0.6 is 31.9 Å². The van der Waals surface area contributed by atoms with Gasteiger partial charge in [0.15, 0.2) is 11.5 Å². The molecule has 3 aromatic carbocycles. The summed E-state index contributed by atoms with van der Waals surface area (Å²) in [6.45, 7) is 2.25. The van der Waals surface area contributed by atoms with Crippen molar-refractivity contribution in [2.45, 2.75) is 20.0 Å². The third-order valence-corrected chi connectivity index (χ3v) is 5.81. The highest BCUT2D eigenvalue weighted by atomic mass is 79.9. The average molecular weight is 589 g/mol. The number of para-hydroxylation sites is 1. The Morgan fingerprint density at radius 3 is 2.47 bits per heavy atom. The van der Waals surface area contributed by atoms with Crippen LogP contribution in [-0.4, -0.2) is 25.1 Å². The molecule has 176 valence electrons. The van der Waals surface area contributed by atoms with E-state index in [0.717, 1.165) is 15.6 Å². The van der Waals surface area contributed by atoms with Crippen molar-refractivity contribution in [2.24, 2.45) is 5.10 Å². The van der Waals surface area contributed by atoms with E-state index in [4.69, 9.17) is 9.47 Å². The summed E-state index contributed by atoms with van der Waals surface area (Å²) in [4.78, 5) is 24.2. The van der Waals surface area contributed by atoms with Crippen LogP contribution in [0.3, 0.4) is 0 Å². The molecule has 3 rings (SSSR count). The van der Waals surface area contributed by atoms with E-state index >= 15 is 0 Å². The summed E-state index contributed by atoms with van der Waals surface area (Å²) < 4.78 is 13.1. The second-order valence-corrected chi connectivity index (χ2v) is 9.05. The molecule has 0 saturated carbocycles. The fourth-order valence-corrected chi connectivity index (χ4v) is 3.80. The predicted molar refractivity (Wildman–Crippen MR) is 139 cm³/mol. The zero-order valence-corrected chi connectivity index (χ0v) is 21.8. The number of aryl methyl sites for hydroxylation is 1. The van der Waals surface area contributed by atoms with Crippen molar-refractivity contribution >= 4 is 55.6 Å². The van der Waals surface area contributed by atoms with Gasteiger partial charge in [0, 0.05) is 10.2 Å². The van der Waals surface area contributed by atoms with Gasteiger partial charge in [-0.05, 0) is 69.9 Å². The van der Waals surface area contributed by atoms with Crippen LogP contribution < -0.4 is 20.2 Å². The molecule has 0 bridgehead atoms. The molecule has 0 aliphatic rings. The molecular weight excluding hydrogens is 566 g/mol. The first-order valence-electron chi connectivity index (χ1n) is 10.3. The fourth-order valence-electron chi connectivity index (χ4n) is 2.96. The monoisotopic (exact) mass is 587 g/mol. The van der Waals surface area contributed by atoms with Gasteiger partial charge in [0.1, 0.15) is 13.0 Å². The van der Waals surface area contributed by atoms with Gasteiger partial charge in [-0.1, -0.05) is 46.3 Å². The lowest BCUT2D eigenvalue weighted by Gasteiger charge is -2.13. The quantitative estimate of drug-likeness (QED) is 0.194. The van der Waals surface area contributed by atoms with Gasteiger partial charge in [0.2, 0.25) is 11.8 Å². The molecule has 0 spiro atoms. The Hall–Kier alpha value is -3.17. The fraction of sp³-hybridized carbons (Fsp3) is 0.160. The molecule has 7 nitrogen and oxygen atoms in total. The first-order chi connectivity index (χ1) is 16.4. The number of hydrogen-bond acceptors (Lipinski definition) is 5. The Labute approximate surface area is 214 Å². The summed E-state index contributed by atoms with van der Waals surface area (Å²) in [5, 5.41) is 6.65. The van der Waals surface area contributed by atoms with Gasteiger partial charge < -0.3 is 14.8 Å². The molecule has 9 heteroatoms. The first kappa shape index (κ1) is 25.5. The minimum Gasteiger partial charge on any atom is -0.493 e. The summed E-state index contributed by atoms with van der Waals surface area (Å²) in [7, 11) is 1.55. The van der Waals surface area contributed by atoms with Crippen molar-refractivity contribution in [1.82, 2.24) is 5.43 Å². The third kappa shape index (κ3) is 7.43. The smallest absolute Gasteiger partial charge is 0.249 e. The van der Waals surface area contributed by atoms with Crippen LogP contribution in [-0.2, 0) is 16.2 Å². The summed E-state index contributed by atoms with van der Waals surface area (Å²) in [6.07, 6.45) is 1.12. The number of amides is 2. The number of nitrogens with zero attached hydrogens (tertiary/aromatic N) is 1. The normalized spacial score (nSPS) is 10.7. The maximum atomic E-state index is 12.1. The average Bonchev–Trinajstić information content (AvgIpc) is 2.80. The number of nitrogens with one attached hydrogen (secondary N) is 2. The number of carbonyl (C=O) groups is 2. The van der Waals surface area contributed by atoms with Crippen molar-refractivity contribution in [3.8, 4) is 11.5 Å². The Balaban J connectivity index is 1.57. The molecule has 34 heavy (non-hydrogen) atoms. The number of rotatable bonds is 9. The lowest BCUT2D eigenvalue weighted by atomic mass is 10.2. The van der Waals surface area contributed by atoms with Crippen LogP contribution in [0.1, 0.15) is 23.1 Å². The molecule has 3 aromatic rings. The maximum Gasteiger partial charge on any atom is 0.249 e. The van der Waals surface area contributed by atoms with E-state index in [9.17, 15) is 9.59 Å². The zero-order chi connectivity index (χ0) is 24.5. The van der Waals surface area contributed by atoms with Crippen LogP contribution in [0, 0.1) is 6.92 Å². The number of halogens is 2. The molecule has 2 N–H and O–H groups in total. The summed E-state index contributed by atoms with van der Waals surface area (Å²) >= 11 is 6.91. The second kappa shape index (κ2) is 12.3. The van der Waals surface area contributed by atoms with E-state index in [1.165, 1.54) is 6.21 Å². The molecule has 0 aliphatic carbocycles. The van der Waals surface area contributed by atoms with Crippen molar-refractivity contribution in [3.05, 3.63) is 86.3 Å². The molecule has 0 saturated heterocycles. The standard InChI is InChI=1S/C25H23Br2N3O4/c1-16-5-3-4-6-21(16)29-23(31)13-24(32)30-28-14-18-11-20(27)25(22(12-18)33-2)34-15-17-7-9-19(26)10-8-17/h3-12,14H,13,15H2,1-2H3,(H,29,31)(H,30,32). The number of carbonyl (C=O) groups excluding carboxylic acids is 2. The van der Waals surface area contributed by atoms with Gasteiger partial charge in [-0.3, -0.25) is 9.59 Å². The van der Waals surface area contributed by atoms with Crippen molar-refractivity contribution < 1.29 is 19.1 Å². The Bertz CT molecular complexity index is 1200. The van der Waals surface area contributed by atoms with E-state index in [-0.39, 0.29) is 6.42 Å². The molecular formula is C25H23Br2N3O4. The van der Waals surface area contributed by atoms with E-state index in [0.29, 0.717) is 33.8 Å². The SMILES string of the molecule is COc1cc(C=NNC(=O)CC(=O)Nc2ccccc2C)cc(Br)c1OCc1ccc(Br)cc1. The van der Waals surface area contributed by atoms with Crippen molar-refractivity contribution in [1.29, 1.82) is 0 Å². The molecule has 0 unspecified atom stereocenters. The summed E-state index contributed by atoms with van der Waals surface area (Å²) in [5.74, 6) is 0.123. The van der Waals surface area contributed by atoms with Gasteiger partial charge in [0.25, 0.3) is 0 Å². The van der Waals surface area contributed by atoms with Crippen LogP contribution in [0.5, 0.6) is 11.5 Å². The molecule has 0 fully saturated rings. The van der Waals surface area contributed by atoms with Crippen LogP contribution in [0.15, 0.2) is 74.7 Å². The van der Waals surface area contributed by atoms with E-state index < -0.39 is 11.8 Å². The highest BCUT2D eigenvalue weighted by Gasteiger charge is 2.13. The first-order valence-corrected chi connectivity index (χ1v) is 11.9. The summed E-state index contributed by atoms with van der Waals surface area (Å²) in [6, 6.07) is 18.7. The number of benzene rings is 3. The van der Waals surface area contributed by atoms with Crippen molar-refractivity contribution in [2.75, 3.05) is 12.4 Å². The van der Waals surface area contributed by atoms with Crippen LogP contribution in [0.2, 0.25) is 0 Å². The van der Waals surface area contributed by atoms with Crippen LogP contribution in [0.25, 0.3) is 0 Å². The molecule has 0 atom stereocenters. The second-order valence-electron chi connectivity index (χ2n) is 7.28. The van der Waals surface area contributed by atoms with E-state index in [1.807, 2.05) is 49.4 Å². The molecule has 2 amide bonds. The van der Waals surface area contributed by atoms with Gasteiger partial charge in [-0.25, -0.2) is 5.43 Å². The topological polar surface area (TPSA) is 89.0 Å². The Morgan fingerprint density at radius 2 is 1.76 bits per heavy atom. The molecule has 0 radical (unpaired) electrons. The summed E-state index contributed by atoms with van der Waals surface area (Å²) in [5.41, 5.74) is 5.63. The number of ether oxygens (including phenoxy) is 2.